The fourth-order valence-corrected chi connectivity index (χ4v) is 4.25. The van der Waals surface area contributed by atoms with E-state index in [2.05, 4.69) is 5.32 Å². The van der Waals surface area contributed by atoms with Crippen LogP contribution in [0.5, 0.6) is 0 Å². The summed E-state index contributed by atoms with van der Waals surface area (Å²) in [4.78, 5) is 12.5. The first-order valence-corrected chi connectivity index (χ1v) is 10.6. The summed E-state index contributed by atoms with van der Waals surface area (Å²) < 4.78 is 54.8. The lowest BCUT2D eigenvalue weighted by molar-refractivity contribution is -0.116. The van der Waals surface area contributed by atoms with Crippen molar-refractivity contribution >= 4 is 33.2 Å². The van der Waals surface area contributed by atoms with E-state index in [4.69, 9.17) is 11.6 Å². The molecule has 0 unspecified atom stereocenters. The van der Waals surface area contributed by atoms with Crippen LogP contribution >= 0.6 is 11.6 Å². The number of carbonyl (C=O) groups is 1. The summed E-state index contributed by atoms with van der Waals surface area (Å²) in [6.45, 7) is -0.783. The van der Waals surface area contributed by atoms with Gasteiger partial charge >= 0.3 is 0 Å². The van der Waals surface area contributed by atoms with Crippen LogP contribution in [0.25, 0.3) is 0 Å². The van der Waals surface area contributed by atoms with E-state index in [1.807, 2.05) is 0 Å². The number of hydrogen-bond donors (Lipinski definition) is 1. The van der Waals surface area contributed by atoms with Gasteiger partial charge in [0.15, 0.2) is 0 Å². The van der Waals surface area contributed by atoms with Crippen LogP contribution in [0.1, 0.15) is 5.56 Å². The number of carbonyl (C=O) groups excluding carboxylic acids is 1. The van der Waals surface area contributed by atoms with E-state index in [9.17, 15) is 22.0 Å². The lowest BCUT2D eigenvalue weighted by Crippen LogP contribution is -2.37. The van der Waals surface area contributed by atoms with Crippen LogP contribution in [0.15, 0.2) is 77.7 Å². The Labute approximate surface area is 178 Å². The molecule has 1 N–H and O–H groups in total. The van der Waals surface area contributed by atoms with Crippen molar-refractivity contribution in [2.75, 3.05) is 11.9 Å². The number of rotatable bonds is 7. The topological polar surface area (TPSA) is 66.5 Å². The summed E-state index contributed by atoms with van der Waals surface area (Å²) in [6.07, 6.45) is 0. The second-order valence-corrected chi connectivity index (χ2v) is 8.73. The Balaban J connectivity index is 1.89. The molecule has 0 bridgehead atoms. The first-order chi connectivity index (χ1) is 14.3. The van der Waals surface area contributed by atoms with Crippen molar-refractivity contribution in [1.82, 2.24) is 4.31 Å². The Morgan fingerprint density at radius 2 is 1.50 bits per heavy atom. The molecule has 9 heteroatoms. The van der Waals surface area contributed by atoms with E-state index in [0.717, 1.165) is 22.5 Å². The van der Waals surface area contributed by atoms with Crippen molar-refractivity contribution in [3.05, 3.63) is 95.0 Å². The average Bonchev–Trinajstić information content (AvgIpc) is 2.72. The van der Waals surface area contributed by atoms with E-state index in [-0.39, 0.29) is 11.4 Å². The van der Waals surface area contributed by atoms with E-state index in [0.29, 0.717) is 10.6 Å². The van der Waals surface area contributed by atoms with Gasteiger partial charge in [-0.3, -0.25) is 4.79 Å². The number of para-hydroxylation sites is 1. The minimum Gasteiger partial charge on any atom is -0.320 e. The normalized spacial score (nSPS) is 11.5. The van der Waals surface area contributed by atoms with Crippen molar-refractivity contribution in [2.24, 2.45) is 0 Å². The third kappa shape index (κ3) is 5.21. The molecule has 0 atom stereocenters. The zero-order chi connectivity index (χ0) is 21.7. The van der Waals surface area contributed by atoms with Crippen molar-refractivity contribution < 1.29 is 22.0 Å². The molecule has 0 fully saturated rings. The van der Waals surface area contributed by atoms with Crippen LogP contribution in [0.3, 0.4) is 0 Å². The van der Waals surface area contributed by atoms with Crippen molar-refractivity contribution in [1.29, 1.82) is 0 Å². The lowest BCUT2D eigenvalue weighted by atomic mass is 10.2. The number of benzene rings is 3. The summed E-state index contributed by atoms with van der Waals surface area (Å²) in [6, 6.07) is 17.2. The summed E-state index contributed by atoms with van der Waals surface area (Å²) in [7, 11) is -4.06. The summed E-state index contributed by atoms with van der Waals surface area (Å²) in [5.74, 6) is -2.80. The van der Waals surface area contributed by atoms with Gasteiger partial charge in [0.25, 0.3) is 0 Å². The summed E-state index contributed by atoms with van der Waals surface area (Å²) in [5.41, 5.74) is -0.0465. The fraction of sp³-hybridized carbons (Fsp3) is 0.0952. The Bertz CT molecular complexity index is 1120. The SMILES string of the molecule is O=C(CN(Cc1ccc(Cl)cc1)S(=O)(=O)c1ccccc1)Nc1c(F)cccc1F. The number of sulfonamides is 1. The molecule has 30 heavy (non-hydrogen) atoms. The minimum atomic E-state index is -4.06. The van der Waals surface area contributed by atoms with Crippen LogP contribution in [0.4, 0.5) is 14.5 Å². The number of nitrogens with zero attached hydrogens (tertiary/aromatic N) is 1. The van der Waals surface area contributed by atoms with Crippen molar-refractivity contribution in [3.8, 4) is 0 Å². The maximum Gasteiger partial charge on any atom is 0.243 e. The average molecular weight is 451 g/mol. The van der Waals surface area contributed by atoms with E-state index in [1.54, 1.807) is 42.5 Å². The fourth-order valence-electron chi connectivity index (χ4n) is 2.72. The van der Waals surface area contributed by atoms with E-state index >= 15 is 0 Å². The predicted molar refractivity (Wildman–Crippen MR) is 110 cm³/mol. The van der Waals surface area contributed by atoms with E-state index < -0.39 is 39.8 Å². The van der Waals surface area contributed by atoms with Gasteiger partial charge in [0.2, 0.25) is 15.9 Å². The second-order valence-electron chi connectivity index (χ2n) is 6.36. The monoisotopic (exact) mass is 450 g/mol. The van der Waals surface area contributed by atoms with Gasteiger partial charge in [-0.15, -0.1) is 0 Å². The molecule has 0 saturated carbocycles. The van der Waals surface area contributed by atoms with Crippen molar-refractivity contribution in [3.63, 3.8) is 0 Å². The highest BCUT2D eigenvalue weighted by Gasteiger charge is 2.27. The van der Waals surface area contributed by atoms with Crippen molar-refractivity contribution in [2.45, 2.75) is 11.4 Å². The van der Waals surface area contributed by atoms with Crippen LogP contribution in [-0.2, 0) is 21.4 Å². The van der Waals surface area contributed by atoms with Gasteiger partial charge < -0.3 is 5.32 Å². The molecule has 5 nitrogen and oxygen atoms in total. The molecular weight excluding hydrogens is 434 g/mol. The highest BCUT2D eigenvalue weighted by molar-refractivity contribution is 7.89. The van der Waals surface area contributed by atoms with Crippen LogP contribution in [0, 0.1) is 11.6 Å². The molecular formula is C21H17ClF2N2O3S. The standard InChI is InChI=1S/C21H17ClF2N2O3S/c22-16-11-9-15(10-12-16)13-26(30(28,29)17-5-2-1-3-6-17)14-20(27)25-21-18(23)7-4-8-19(21)24/h1-12H,13-14H2,(H,25,27). The molecule has 0 saturated heterocycles. The molecule has 0 radical (unpaired) electrons. The van der Waals surface area contributed by atoms with Crippen LogP contribution < -0.4 is 5.32 Å². The number of amides is 1. The molecule has 3 aromatic carbocycles. The maximum atomic E-state index is 13.8. The Morgan fingerprint density at radius 1 is 0.900 bits per heavy atom. The van der Waals surface area contributed by atoms with Gasteiger partial charge in [0, 0.05) is 11.6 Å². The molecule has 0 spiro atoms. The molecule has 156 valence electrons. The molecule has 0 aromatic heterocycles. The second kappa shape index (κ2) is 9.34. The Morgan fingerprint density at radius 3 is 2.10 bits per heavy atom. The number of halogens is 3. The molecule has 0 aliphatic heterocycles. The van der Waals surface area contributed by atoms with Gasteiger partial charge in [-0.25, -0.2) is 17.2 Å². The largest absolute Gasteiger partial charge is 0.320 e. The molecule has 0 heterocycles. The smallest absolute Gasteiger partial charge is 0.243 e. The third-order valence-electron chi connectivity index (χ3n) is 4.20. The van der Waals surface area contributed by atoms with Crippen LogP contribution in [-0.4, -0.2) is 25.2 Å². The molecule has 3 rings (SSSR count). The Kier molecular flexibility index (Phi) is 6.81. The quantitative estimate of drug-likeness (QED) is 0.578. The van der Waals surface area contributed by atoms with Gasteiger partial charge in [0.05, 0.1) is 11.4 Å². The summed E-state index contributed by atoms with van der Waals surface area (Å²) in [5, 5.41) is 2.59. The highest BCUT2D eigenvalue weighted by Crippen LogP contribution is 2.21. The van der Waals surface area contributed by atoms with Crippen LogP contribution in [0.2, 0.25) is 5.02 Å². The summed E-state index contributed by atoms with van der Waals surface area (Å²) >= 11 is 5.87. The van der Waals surface area contributed by atoms with Gasteiger partial charge in [-0.2, -0.15) is 4.31 Å². The molecule has 3 aromatic rings. The zero-order valence-electron chi connectivity index (χ0n) is 15.6. The number of nitrogens with one attached hydrogen (secondary N) is 1. The minimum absolute atomic E-state index is 0.0103. The highest BCUT2D eigenvalue weighted by atomic mass is 35.5. The molecule has 0 aliphatic rings. The molecule has 1 amide bonds. The Hall–Kier alpha value is -2.81. The first kappa shape index (κ1) is 21.9. The number of hydrogen-bond acceptors (Lipinski definition) is 3. The lowest BCUT2D eigenvalue weighted by Gasteiger charge is -2.22. The van der Waals surface area contributed by atoms with E-state index in [1.165, 1.54) is 12.1 Å². The molecule has 0 aliphatic carbocycles. The zero-order valence-corrected chi connectivity index (χ0v) is 17.1. The maximum absolute atomic E-state index is 13.8. The first-order valence-electron chi connectivity index (χ1n) is 8.81. The van der Waals surface area contributed by atoms with Gasteiger partial charge in [-0.05, 0) is 42.0 Å². The van der Waals surface area contributed by atoms with Gasteiger partial charge in [-0.1, -0.05) is 48.0 Å². The van der Waals surface area contributed by atoms with Gasteiger partial charge in [0.1, 0.15) is 17.3 Å². The number of anilines is 1. The third-order valence-corrected chi connectivity index (χ3v) is 6.26. The predicted octanol–water partition coefficient (Wildman–Crippen LogP) is 4.45.